The van der Waals surface area contributed by atoms with Crippen LogP contribution in [0.4, 0.5) is 5.82 Å². The summed E-state index contributed by atoms with van der Waals surface area (Å²) in [5, 5.41) is 12.3. The van der Waals surface area contributed by atoms with E-state index in [9.17, 15) is 0 Å². The third kappa shape index (κ3) is 4.76. The van der Waals surface area contributed by atoms with Gasteiger partial charge in [0.15, 0.2) is 0 Å². The molecule has 1 aromatic heterocycles. The van der Waals surface area contributed by atoms with E-state index in [1.54, 1.807) is 0 Å². The Hall–Kier alpha value is -1.13. The van der Waals surface area contributed by atoms with E-state index >= 15 is 0 Å². The standard InChI is InChI=1S/C16H27N3O/c1-13-10-14(11-17-15-6-7-15)12-18-16(13)19(2)8-4-3-5-9-20/h10,12,15,17,20H,3-9,11H2,1-2H3. The molecule has 1 aliphatic rings. The SMILES string of the molecule is Cc1cc(CNC2CC2)cnc1N(C)CCCCCO. The third-order valence-corrected chi connectivity index (χ3v) is 3.79. The Bertz CT molecular complexity index is 418. The molecule has 2 N–H and O–H groups in total. The first-order valence-corrected chi connectivity index (χ1v) is 7.71. The number of anilines is 1. The molecule has 0 spiro atoms. The van der Waals surface area contributed by atoms with Gasteiger partial charge in [-0.2, -0.15) is 0 Å². The Morgan fingerprint density at radius 2 is 2.15 bits per heavy atom. The lowest BCUT2D eigenvalue weighted by Gasteiger charge is -2.20. The molecule has 0 radical (unpaired) electrons. The predicted octanol–water partition coefficient (Wildman–Crippen LogP) is 2.24. The van der Waals surface area contributed by atoms with Crippen LogP contribution in [0.1, 0.15) is 43.2 Å². The molecule has 1 saturated carbocycles. The van der Waals surface area contributed by atoms with Gasteiger partial charge in [-0.15, -0.1) is 0 Å². The average molecular weight is 277 g/mol. The molecule has 4 heteroatoms. The normalized spacial score (nSPS) is 14.6. The highest BCUT2D eigenvalue weighted by atomic mass is 16.2. The average Bonchev–Trinajstić information content (AvgIpc) is 3.25. The van der Waals surface area contributed by atoms with Crippen LogP contribution in [-0.2, 0) is 6.54 Å². The fraction of sp³-hybridized carbons (Fsp3) is 0.688. The minimum absolute atomic E-state index is 0.295. The summed E-state index contributed by atoms with van der Waals surface area (Å²) in [7, 11) is 2.09. The fourth-order valence-electron chi connectivity index (χ4n) is 2.42. The quantitative estimate of drug-likeness (QED) is 0.680. The second-order valence-corrected chi connectivity index (χ2v) is 5.85. The van der Waals surface area contributed by atoms with E-state index in [0.29, 0.717) is 6.61 Å². The predicted molar refractivity (Wildman–Crippen MR) is 83.0 cm³/mol. The minimum Gasteiger partial charge on any atom is -0.396 e. The fourth-order valence-corrected chi connectivity index (χ4v) is 2.42. The van der Waals surface area contributed by atoms with Gasteiger partial charge in [0.1, 0.15) is 5.82 Å². The van der Waals surface area contributed by atoms with Crippen LogP contribution in [0, 0.1) is 6.92 Å². The number of nitrogens with one attached hydrogen (secondary N) is 1. The molecular formula is C16H27N3O. The van der Waals surface area contributed by atoms with Gasteiger partial charge in [0, 0.05) is 39.0 Å². The molecule has 0 saturated heterocycles. The van der Waals surface area contributed by atoms with Gasteiger partial charge in [-0.25, -0.2) is 4.98 Å². The van der Waals surface area contributed by atoms with Crippen molar-refractivity contribution in [3.63, 3.8) is 0 Å². The monoisotopic (exact) mass is 277 g/mol. The maximum absolute atomic E-state index is 8.79. The van der Waals surface area contributed by atoms with Crippen LogP contribution in [0.3, 0.4) is 0 Å². The van der Waals surface area contributed by atoms with Crippen molar-refractivity contribution in [3.8, 4) is 0 Å². The Morgan fingerprint density at radius 3 is 2.80 bits per heavy atom. The van der Waals surface area contributed by atoms with E-state index in [1.807, 2.05) is 6.20 Å². The molecule has 1 heterocycles. The molecular weight excluding hydrogens is 250 g/mol. The molecule has 0 unspecified atom stereocenters. The molecule has 1 fully saturated rings. The summed E-state index contributed by atoms with van der Waals surface area (Å²) in [5.74, 6) is 1.07. The van der Waals surface area contributed by atoms with Gasteiger partial charge < -0.3 is 15.3 Å². The molecule has 2 rings (SSSR count). The van der Waals surface area contributed by atoms with Gasteiger partial charge in [0.25, 0.3) is 0 Å². The maximum atomic E-state index is 8.79. The number of aryl methyl sites for hydroxylation is 1. The zero-order valence-electron chi connectivity index (χ0n) is 12.7. The Balaban J connectivity index is 1.83. The lowest BCUT2D eigenvalue weighted by atomic mass is 10.2. The first kappa shape index (κ1) is 15.3. The van der Waals surface area contributed by atoms with Crippen molar-refractivity contribution >= 4 is 5.82 Å². The largest absolute Gasteiger partial charge is 0.396 e. The lowest BCUT2D eigenvalue weighted by molar-refractivity contribution is 0.283. The maximum Gasteiger partial charge on any atom is 0.131 e. The van der Waals surface area contributed by atoms with Gasteiger partial charge in [-0.05, 0) is 56.2 Å². The first-order valence-electron chi connectivity index (χ1n) is 7.71. The van der Waals surface area contributed by atoms with Gasteiger partial charge in [-0.1, -0.05) is 0 Å². The molecule has 0 bridgehead atoms. The number of rotatable bonds is 9. The number of unbranched alkanes of at least 4 members (excludes halogenated alkanes) is 2. The second-order valence-electron chi connectivity index (χ2n) is 5.85. The van der Waals surface area contributed by atoms with E-state index in [0.717, 1.165) is 44.2 Å². The van der Waals surface area contributed by atoms with Crippen molar-refractivity contribution < 1.29 is 5.11 Å². The van der Waals surface area contributed by atoms with Crippen molar-refractivity contribution in [1.82, 2.24) is 10.3 Å². The number of hydrogen-bond donors (Lipinski definition) is 2. The summed E-state index contributed by atoms with van der Waals surface area (Å²) in [5.41, 5.74) is 2.51. The summed E-state index contributed by atoms with van der Waals surface area (Å²) in [4.78, 5) is 6.83. The van der Waals surface area contributed by atoms with Gasteiger partial charge in [0.05, 0.1) is 0 Å². The summed E-state index contributed by atoms with van der Waals surface area (Å²) >= 11 is 0. The summed E-state index contributed by atoms with van der Waals surface area (Å²) in [6.07, 6.45) is 7.70. The van der Waals surface area contributed by atoms with E-state index in [-0.39, 0.29) is 0 Å². The van der Waals surface area contributed by atoms with Crippen molar-refractivity contribution in [3.05, 3.63) is 23.4 Å². The third-order valence-electron chi connectivity index (χ3n) is 3.79. The zero-order valence-corrected chi connectivity index (χ0v) is 12.7. The summed E-state index contributed by atoms with van der Waals surface area (Å²) in [6, 6.07) is 2.98. The number of aliphatic hydroxyl groups is 1. The van der Waals surface area contributed by atoms with Crippen LogP contribution in [0.2, 0.25) is 0 Å². The molecule has 0 aliphatic heterocycles. The van der Waals surface area contributed by atoms with Crippen LogP contribution in [0.25, 0.3) is 0 Å². The molecule has 0 atom stereocenters. The van der Waals surface area contributed by atoms with E-state index < -0.39 is 0 Å². The van der Waals surface area contributed by atoms with Crippen molar-refractivity contribution in [1.29, 1.82) is 0 Å². The zero-order chi connectivity index (χ0) is 14.4. The second kappa shape index (κ2) is 7.60. The van der Waals surface area contributed by atoms with E-state index in [2.05, 4.69) is 35.2 Å². The van der Waals surface area contributed by atoms with Gasteiger partial charge in [0.2, 0.25) is 0 Å². The Morgan fingerprint density at radius 1 is 1.35 bits per heavy atom. The Kier molecular flexibility index (Phi) is 5.80. The number of aromatic nitrogens is 1. The van der Waals surface area contributed by atoms with Gasteiger partial charge in [-0.3, -0.25) is 0 Å². The smallest absolute Gasteiger partial charge is 0.131 e. The van der Waals surface area contributed by atoms with Crippen LogP contribution in [0.15, 0.2) is 12.3 Å². The van der Waals surface area contributed by atoms with Gasteiger partial charge >= 0.3 is 0 Å². The lowest BCUT2D eigenvalue weighted by Crippen LogP contribution is -2.21. The molecule has 1 aromatic rings. The molecule has 20 heavy (non-hydrogen) atoms. The number of pyridine rings is 1. The first-order chi connectivity index (χ1) is 9.70. The highest BCUT2D eigenvalue weighted by Crippen LogP contribution is 2.21. The highest BCUT2D eigenvalue weighted by molar-refractivity contribution is 5.46. The van der Waals surface area contributed by atoms with Crippen LogP contribution in [-0.4, -0.2) is 36.3 Å². The number of aliphatic hydroxyl groups excluding tert-OH is 1. The molecule has 0 amide bonds. The van der Waals surface area contributed by atoms with Crippen molar-refractivity contribution in [2.45, 2.75) is 51.6 Å². The van der Waals surface area contributed by atoms with Crippen molar-refractivity contribution in [2.24, 2.45) is 0 Å². The summed E-state index contributed by atoms with van der Waals surface area (Å²) in [6.45, 7) is 4.35. The summed E-state index contributed by atoms with van der Waals surface area (Å²) < 4.78 is 0. The Labute approximate surface area is 122 Å². The highest BCUT2D eigenvalue weighted by Gasteiger charge is 2.20. The molecule has 112 valence electrons. The topological polar surface area (TPSA) is 48.4 Å². The van der Waals surface area contributed by atoms with Crippen molar-refractivity contribution in [2.75, 3.05) is 25.1 Å². The molecule has 0 aromatic carbocycles. The van der Waals surface area contributed by atoms with E-state index in [1.165, 1.54) is 24.0 Å². The van der Waals surface area contributed by atoms with E-state index in [4.69, 9.17) is 5.11 Å². The van der Waals surface area contributed by atoms with Crippen LogP contribution in [0.5, 0.6) is 0 Å². The van der Waals surface area contributed by atoms with Crippen LogP contribution < -0.4 is 10.2 Å². The number of hydrogen-bond acceptors (Lipinski definition) is 4. The molecule has 4 nitrogen and oxygen atoms in total. The molecule has 1 aliphatic carbocycles. The van der Waals surface area contributed by atoms with Crippen LogP contribution >= 0.6 is 0 Å². The number of nitrogens with zero attached hydrogens (tertiary/aromatic N) is 2. The minimum atomic E-state index is 0.295.